The molecule has 6 rings (SSSR count). The van der Waals surface area contributed by atoms with Gasteiger partial charge in [-0.3, -0.25) is 9.59 Å². The Hall–Kier alpha value is -4.85. The summed E-state index contributed by atoms with van der Waals surface area (Å²) in [6.45, 7) is 5.82. The normalized spacial score (nSPS) is 13.7. The molecule has 0 radical (unpaired) electrons. The molecule has 0 atom stereocenters. The van der Waals surface area contributed by atoms with Crippen molar-refractivity contribution in [2.24, 2.45) is 0 Å². The van der Waals surface area contributed by atoms with Gasteiger partial charge in [0.1, 0.15) is 28.5 Å². The molecule has 8 nitrogen and oxygen atoms in total. The number of aryl methyl sites for hydroxylation is 3. The molecule has 208 valence electrons. The van der Waals surface area contributed by atoms with E-state index in [0.29, 0.717) is 39.4 Å². The van der Waals surface area contributed by atoms with Gasteiger partial charge in [-0.15, -0.1) is 0 Å². The Morgan fingerprint density at radius 2 is 1.66 bits per heavy atom. The van der Waals surface area contributed by atoms with Crippen LogP contribution < -0.4 is 15.4 Å². The maximum absolute atomic E-state index is 13.6. The van der Waals surface area contributed by atoms with Gasteiger partial charge in [0.15, 0.2) is 0 Å². The van der Waals surface area contributed by atoms with Crippen LogP contribution in [0.1, 0.15) is 56.1 Å². The fourth-order valence-electron chi connectivity index (χ4n) is 5.31. The maximum Gasteiger partial charge on any atom is 0.255 e. The summed E-state index contributed by atoms with van der Waals surface area (Å²) in [6, 6.07) is 19.2. The van der Waals surface area contributed by atoms with Crippen LogP contribution in [0.15, 0.2) is 69.6 Å². The molecule has 0 saturated heterocycles. The average molecular weight is 550 g/mol. The lowest BCUT2D eigenvalue weighted by Gasteiger charge is -2.18. The maximum atomic E-state index is 13.6. The number of fused-ring (bicyclic) bond motifs is 1. The summed E-state index contributed by atoms with van der Waals surface area (Å²) in [5, 5.41) is 10.8. The van der Waals surface area contributed by atoms with Crippen molar-refractivity contribution in [1.82, 2.24) is 15.8 Å². The van der Waals surface area contributed by atoms with Crippen molar-refractivity contribution < 1.29 is 23.3 Å². The number of hydrogen-bond donors (Lipinski definition) is 2. The van der Waals surface area contributed by atoms with Crippen LogP contribution in [-0.2, 0) is 5.54 Å². The minimum absolute atomic E-state index is 0.235. The average Bonchev–Trinajstić information content (AvgIpc) is 3.44. The molecular weight excluding hydrogens is 518 g/mol. The molecule has 2 heterocycles. The number of aromatic nitrogens is 1. The Kier molecular flexibility index (Phi) is 6.41. The zero-order chi connectivity index (χ0) is 28.9. The van der Waals surface area contributed by atoms with Gasteiger partial charge >= 0.3 is 0 Å². The topological polar surface area (TPSA) is 107 Å². The number of nitrogens with one attached hydrogen (secondary N) is 2. The highest BCUT2D eigenvalue weighted by atomic mass is 16.5. The Bertz CT molecular complexity index is 1810. The molecule has 1 saturated carbocycles. The van der Waals surface area contributed by atoms with E-state index in [1.54, 1.807) is 14.2 Å². The fourth-order valence-corrected chi connectivity index (χ4v) is 5.31. The van der Waals surface area contributed by atoms with Gasteiger partial charge in [0.2, 0.25) is 0 Å². The lowest BCUT2D eigenvalue weighted by Crippen LogP contribution is -2.35. The molecule has 2 amide bonds. The standard InChI is InChI=1S/C33H31N3O5/c1-18-6-8-21(9-7-18)30-29(32(38)34-4)24-16-22(10-11-26(24)40-30)23-17-25(27(39-5)14-19(23)2)31(37)35-33(12-13-33)28-15-20(3)41-36-28/h6-11,14-17H,12-13H2,1-5H3,(H,34,38)(H,35,37). The van der Waals surface area contributed by atoms with E-state index >= 15 is 0 Å². The number of methoxy groups -OCH3 is 1. The third kappa shape index (κ3) is 4.65. The van der Waals surface area contributed by atoms with Crippen LogP contribution in [0.5, 0.6) is 5.75 Å². The number of benzene rings is 3. The zero-order valence-electron chi connectivity index (χ0n) is 23.7. The smallest absolute Gasteiger partial charge is 0.255 e. The quantitative estimate of drug-likeness (QED) is 0.241. The highest BCUT2D eigenvalue weighted by molar-refractivity contribution is 6.12. The molecule has 0 spiro atoms. The zero-order valence-corrected chi connectivity index (χ0v) is 23.7. The van der Waals surface area contributed by atoms with Crippen molar-refractivity contribution in [2.45, 2.75) is 39.2 Å². The molecule has 0 unspecified atom stereocenters. The van der Waals surface area contributed by atoms with Gasteiger partial charge in [-0.25, -0.2) is 0 Å². The number of rotatable bonds is 7. The first kappa shape index (κ1) is 26.4. The van der Waals surface area contributed by atoms with E-state index in [-0.39, 0.29) is 11.8 Å². The van der Waals surface area contributed by atoms with E-state index in [4.69, 9.17) is 13.7 Å². The second-order valence-electron chi connectivity index (χ2n) is 10.7. The van der Waals surface area contributed by atoms with E-state index < -0.39 is 5.54 Å². The molecule has 1 aliphatic rings. The lowest BCUT2D eigenvalue weighted by atomic mass is 9.94. The monoisotopic (exact) mass is 549 g/mol. The molecule has 3 aromatic carbocycles. The number of hydrogen-bond acceptors (Lipinski definition) is 6. The van der Waals surface area contributed by atoms with E-state index in [2.05, 4.69) is 15.8 Å². The van der Waals surface area contributed by atoms with Crippen LogP contribution in [0.25, 0.3) is 33.4 Å². The predicted octanol–water partition coefficient (Wildman–Crippen LogP) is 6.47. The van der Waals surface area contributed by atoms with Crippen molar-refractivity contribution in [3.8, 4) is 28.2 Å². The number of carbonyl (C=O) groups excluding carboxylic acids is 2. The second kappa shape index (κ2) is 9.96. The van der Waals surface area contributed by atoms with Crippen molar-refractivity contribution in [1.29, 1.82) is 0 Å². The van der Waals surface area contributed by atoms with Crippen molar-refractivity contribution in [3.63, 3.8) is 0 Å². The lowest BCUT2D eigenvalue weighted by molar-refractivity contribution is 0.0924. The second-order valence-corrected chi connectivity index (χ2v) is 10.7. The first-order valence-corrected chi connectivity index (χ1v) is 13.5. The number of carbonyl (C=O) groups is 2. The molecule has 1 aliphatic carbocycles. The van der Waals surface area contributed by atoms with Gasteiger partial charge in [0.25, 0.3) is 11.8 Å². The van der Waals surface area contributed by atoms with Gasteiger partial charge in [0, 0.05) is 24.1 Å². The third-order valence-corrected chi connectivity index (χ3v) is 7.78. The molecule has 8 heteroatoms. The first-order valence-electron chi connectivity index (χ1n) is 13.5. The van der Waals surface area contributed by atoms with E-state index in [1.807, 2.05) is 81.4 Å². The Morgan fingerprint density at radius 3 is 2.29 bits per heavy atom. The molecule has 41 heavy (non-hydrogen) atoms. The SMILES string of the molecule is CNC(=O)c1c(-c2ccc(C)cc2)oc2ccc(-c3cc(C(=O)NC4(c5cc(C)on5)CC4)c(OC)cc3C)cc12. The van der Waals surface area contributed by atoms with E-state index in [9.17, 15) is 9.59 Å². The Morgan fingerprint density at radius 1 is 0.927 bits per heavy atom. The van der Waals surface area contributed by atoms with Crippen LogP contribution >= 0.6 is 0 Å². The number of amides is 2. The first-order chi connectivity index (χ1) is 19.7. The molecule has 2 N–H and O–H groups in total. The number of ether oxygens (including phenoxy) is 1. The van der Waals surface area contributed by atoms with Crippen LogP contribution in [-0.4, -0.2) is 31.1 Å². The van der Waals surface area contributed by atoms with Gasteiger partial charge in [0.05, 0.1) is 23.8 Å². The molecular formula is C33H31N3O5. The highest BCUT2D eigenvalue weighted by Gasteiger charge is 2.48. The minimum Gasteiger partial charge on any atom is -0.496 e. The number of nitrogens with zero attached hydrogens (tertiary/aromatic N) is 1. The van der Waals surface area contributed by atoms with Gasteiger partial charge < -0.3 is 24.3 Å². The van der Waals surface area contributed by atoms with Gasteiger partial charge in [-0.05, 0) is 74.6 Å². The predicted molar refractivity (Wildman–Crippen MR) is 156 cm³/mol. The highest BCUT2D eigenvalue weighted by Crippen LogP contribution is 2.46. The summed E-state index contributed by atoms with van der Waals surface area (Å²) < 4.78 is 17.1. The Balaban J connectivity index is 1.43. The Labute approximate surface area is 237 Å². The summed E-state index contributed by atoms with van der Waals surface area (Å²) in [6.07, 6.45) is 1.57. The minimum atomic E-state index is -0.532. The third-order valence-electron chi connectivity index (χ3n) is 7.78. The van der Waals surface area contributed by atoms with Crippen molar-refractivity contribution in [2.75, 3.05) is 14.2 Å². The van der Waals surface area contributed by atoms with Crippen LogP contribution in [0.2, 0.25) is 0 Å². The summed E-state index contributed by atoms with van der Waals surface area (Å²) in [7, 11) is 3.16. The van der Waals surface area contributed by atoms with Crippen LogP contribution in [0.4, 0.5) is 0 Å². The largest absolute Gasteiger partial charge is 0.496 e. The van der Waals surface area contributed by atoms with Crippen LogP contribution in [0.3, 0.4) is 0 Å². The van der Waals surface area contributed by atoms with E-state index in [0.717, 1.165) is 46.4 Å². The van der Waals surface area contributed by atoms with E-state index in [1.165, 1.54) is 0 Å². The van der Waals surface area contributed by atoms with Gasteiger partial charge in [-0.1, -0.05) is 41.1 Å². The summed E-state index contributed by atoms with van der Waals surface area (Å²) >= 11 is 0. The summed E-state index contributed by atoms with van der Waals surface area (Å²) in [4.78, 5) is 26.7. The molecule has 0 bridgehead atoms. The molecule has 5 aromatic rings. The summed E-state index contributed by atoms with van der Waals surface area (Å²) in [5.41, 5.74) is 6.24. The van der Waals surface area contributed by atoms with Crippen molar-refractivity contribution in [3.05, 3.63) is 94.4 Å². The fraction of sp³-hybridized carbons (Fsp3) is 0.242. The molecule has 2 aromatic heterocycles. The number of furan rings is 1. The van der Waals surface area contributed by atoms with Crippen molar-refractivity contribution >= 4 is 22.8 Å². The summed E-state index contributed by atoms with van der Waals surface area (Å²) in [5.74, 6) is 1.21. The molecule has 0 aliphatic heterocycles. The molecule has 1 fully saturated rings. The van der Waals surface area contributed by atoms with Crippen LogP contribution in [0, 0.1) is 20.8 Å². The van der Waals surface area contributed by atoms with Gasteiger partial charge in [-0.2, -0.15) is 0 Å².